The van der Waals surface area contributed by atoms with Gasteiger partial charge >= 0.3 is 0 Å². The van der Waals surface area contributed by atoms with Crippen molar-refractivity contribution in [3.63, 3.8) is 0 Å². The number of aromatic nitrogens is 3. The SMILES string of the molecule is C[C@H]1CN(C(=O)CCn2nnc3ccccc3c2=O)[C@@H](C)CO1. The van der Waals surface area contributed by atoms with E-state index in [9.17, 15) is 9.59 Å². The lowest BCUT2D eigenvalue weighted by molar-refractivity contribution is -0.143. The fraction of sp³-hybridized carbons (Fsp3) is 0.500. The van der Waals surface area contributed by atoms with Gasteiger partial charge in [-0.15, -0.1) is 5.10 Å². The van der Waals surface area contributed by atoms with E-state index >= 15 is 0 Å². The summed E-state index contributed by atoms with van der Waals surface area (Å²) in [6.45, 7) is 5.27. The molecule has 1 amide bonds. The van der Waals surface area contributed by atoms with Crippen molar-refractivity contribution < 1.29 is 9.53 Å². The average Bonchev–Trinajstić information content (AvgIpc) is 2.56. The van der Waals surface area contributed by atoms with Gasteiger partial charge in [-0.1, -0.05) is 17.3 Å². The van der Waals surface area contributed by atoms with E-state index in [4.69, 9.17) is 4.74 Å². The fourth-order valence-corrected chi connectivity index (χ4v) is 2.77. The van der Waals surface area contributed by atoms with E-state index in [1.54, 1.807) is 18.2 Å². The number of hydrogen-bond acceptors (Lipinski definition) is 5. The summed E-state index contributed by atoms with van der Waals surface area (Å²) in [4.78, 5) is 26.6. The quantitative estimate of drug-likeness (QED) is 0.838. The molecule has 122 valence electrons. The summed E-state index contributed by atoms with van der Waals surface area (Å²) < 4.78 is 6.79. The van der Waals surface area contributed by atoms with Crippen LogP contribution in [0.5, 0.6) is 0 Å². The zero-order valence-electron chi connectivity index (χ0n) is 13.3. The standard InChI is InChI=1S/C16H20N4O3/c1-11-10-23-12(2)9-19(11)15(21)7-8-20-16(22)13-5-3-4-6-14(13)17-18-20/h3-6,11-12H,7-10H2,1-2H3/t11-,12-/m0/s1. The third kappa shape index (κ3) is 3.24. The first-order valence-corrected chi connectivity index (χ1v) is 7.80. The summed E-state index contributed by atoms with van der Waals surface area (Å²) in [5.41, 5.74) is 0.350. The molecule has 7 heteroatoms. The minimum atomic E-state index is -0.216. The molecule has 1 aromatic heterocycles. The molecule has 0 radical (unpaired) electrons. The van der Waals surface area contributed by atoms with Crippen molar-refractivity contribution in [1.29, 1.82) is 0 Å². The van der Waals surface area contributed by atoms with Crippen LogP contribution in [0.3, 0.4) is 0 Å². The van der Waals surface area contributed by atoms with Gasteiger partial charge in [-0.3, -0.25) is 9.59 Å². The molecule has 1 aliphatic heterocycles. The maximum absolute atomic E-state index is 12.4. The summed E-state index contributed by atoms with van der Waals surface area (Å²) in [7, 11) is 0. The highest BCUT2D eigenvalue weighted by Gasteiger charge is 2.27. The number of morpholine rings is 1. The number of carbonyl (C=O) groups is 1. The van der Waals surface area contributed by atoms with Crippen molar-refractivity contribution in [1.82, 2.24) is 19.9 Å². The third-order valence-corrected chi connectivity index (χ3v) is 4.09. The molecule has 0 bridgehead atoms. The van der Waals surface area contributed by atoms with Crippen LogP contribution in [0.2, 0.25) is 0 Å². The summed E-state index contributed by atoms with van der Waals surface area (Å²) in [6.07, 6.45) is 0.266. The number of amides is 1. The second kappa shape index (κ2) is 6.45. The topological polar surface area (TPSA) is 77.3 Å². The average molecular weight is 316 g/mol. The first kappa shape index (κ1) is 15.6. The smallest absolute Gasteiger partial charge is 0.277 e. The van der Waals surface area contributed by atoms with Crippen LogP contribution < -0.4 is 5.56 Å². The van der Waals surface area contributed by atoms with Crippen LogP contribution in [-0.4, -0.2) is 51.1 Å². The Morgan fingerprint density at radius 2 is 2.13 bits per heavy atom. The van der Waals surface area contributed by atoms with Gasteiger partial charge in [0.15, 0.2) is 0 Å². The maximum Gasteiger partial charge on any atom is 0.277 e. The number of rotatable bonds is 3. The van der Waals surface area contributed by atoms with Crippen molar-refractivity contribution in [2.45, 2.75) is 39.0 Å². The molecule has 0 spiro atoms. The molecule has 1 aliphatic rings. The van der Waals surface area contributed by atoms with Gasteiger partial charge in [-0.2, -0.15) is 0 Å². The second-order valence-electron chi connectivity index (χ2n) is 5.92. The van der Waals surface area contributed by atoms with Crippen molar-refractivity contribution in [3.05, 3.63) is 34.6 Å². The maximum atomic E-state index is 12.4. The number of carbonyl (C=O) groups excluding carboxylic acids is 1. The van der Waals surface area contributed by atoms with Gasteiger partial charge in [0.05, 0.1) is 30.7 Å². The Morgan fingerprint density at radius 3 is 2.96 bits per heavy atom. The predicted molar refractivity (Wildman–Crippen MR) is 85.0 cm³/mol. The van der Waals surface area contributed by atoms with Gasteiger partial charge in [0.1, 0.15) is 5.52 Å². The molecule has 1 saturated heterocycles. The highest BCUT2D eigenvalue weighted by atomic mass is 16.5. The van der Waals surface area contributed by atoms with Gasteiger partial charge in [0.2, 0.25) is 5.91 Å². The van der Waals surface area contributed by atoms with Crippen molar-refractivity contribution in [2.75, 3.05) is 13.2 Å². The molecule has 2 aromatic rings. The lowest BCUT2D eigenvalue weighted by Crippen LogP contribution is -2.50. The molecular weight excluding hydrogens is 296 g/mol. The highest BCUT2D eigenvalue weighted by Crippen LogP contribution is 2.13. The van der Waals surface area contributed by atoms with Gasteiger partial charge < -0.3 is 9.64 Å². The molecule has 0 aliphatic carbocycles. The Morgan fingerprint density at radius 1 is 1.35 bits per heavy atom. The molecule has 2 atom stereocenters. The van der Waals surface area contributed by atoms with E-state index in [2.05, 4.69) is 10.3 Å². The zero-order valence-corrected chi connectivity index (χ0v) is 13.3. The summed E-state index contributed by atoms with van der Waals surface area (Å²) in [5, 5.41) is 8.46. The summed E-state index contributed by atoms with van der Waals surface area (Å²) in [6, 6.07) is 7.12. The molecule has 1 fully saturated rings. The van der Waals surface area contributed by atoms with E-state index in [0.717, 1.165) is 0 Å². The monoisotopic (exact) mass is 316 g/mol. The molecular formula is C16H20N4O3. The van der Waals surface area contributed by atoms with E-state index in [0.29, 0.717) is 24.1 Å². The molecule has 0 saturated carbocycles. The largest absolute Gasteiger partial charge is 0.375 e. The number of fused-ring (bicyclic) bond motifs is 1. The van der Waals surface area contributed by atoms with Crippen LogP contribution in [0.1, 0.15) is 20.3 Å². The number of hydrogen-bond donors (Lipinski definition) is 0. The lowest BCUT2D eigenvalue weighted by atomic mass is 10.2. The van der Waals surface area contributed by atoms with Gasteiger partial charge in [-0.05, 0) is 26.0 Å². The lowest BCUT2D eigenvalue weighted by Gasteiger charge is -2.36. The molecule has 0 unspecified atom stereocenters. The second-order valence-corrected chi connectivity index (χ2v) is 5.92. The molecule has 2 heterocycles. The Kier molecular flexibility index (Phi) is 4.38. The van der Waals surface area contributed by atoms with E-state index in [-0.39, 0.29) is 36.6 Å². The third-order valence-electron chi connectivity index (χ3n) is 4.09. The van der Waals surface area contributed by atoms with E-state index in [1.165, 1.54) is 4.68 Å². The molecule has 23 heavy (non-hydrogen) atoms. The van der Waals surface area contributed by atoms with Crippen LogP contribution in [0, 0.1) is 0 Å². The first-order chi connectivity index (χ1) is 11.1. The molecule has 7 nitrogen and oxygen atoms in total. The van der Waals surface area contributed by atoms with Crippen molar-refractivity contribution in [2.24, 2.45) is 0 Å². The number of nitrogens with zero attached hydrogens (tertiary/aromatic N) is 4. The van der Waals surface area contributed by atoms with Crippen LogP contribution in [-0.2, 0) is 16.1 Å². The van der Waals surface area contributed by atoms with Crippen LogP contribution in [0.15, 0.2) is 29.1 Å². The minimum absolute atomic E-state index is 0.00880. The van der Waals surface area contributed by atoms with Gasteiger partial charge in [0, 0.05) is 13.0 Å². The summed E-state index contributed by atoms with van der Waals surface area (Å²) >= 11 is 0. The first-order valence-electron chi connectivity index (χ1n) is 7.80. The van der Waals surface area contributed by atoms with Crippen LogP contribution in [0.25, 0.3) is 10.9 Å². The highest BCUT2D eigenvalue weighted by molar-refractivity contribution is 5.77. The summed E-state index contributed by atoms with van der Waals surface area (Å²) in [5.74, 6) is 0.00880. The van der Waals surface area contributed by atoms with Crippen LogP contribution in [0.4, 0.5) is 0 Å². The Labute approximate surface area is 133 Å². The fourth-order valence-electron chi connectivity index (χ4n) is 2.77. The van der Waals surface area contributed by atoms with Crippen molar-refractivity contribution >= 4 is 16.8 Å². The molecule has 3 rings (SSSR count). The Bertz CT molecular complexity index is 773. The van der Waals surface area contributed by atoms with Crippen molar-refractivity contribution in [3.8, 4) is 0 Å². The number of benzene rings is 1. The van der Waals surface area contributed by atoms with Crippen LogP contribution >= 0.6 is 0 Å². The Balaban J connectivity index is 1.72. The zero-order chi connectivity index (χ0) is 16.4. The number of ether oxygens (including phenoxy) is 1. The number of aryl methyl sites for hydroxylation is 1. The minimum Gasteiger partial charge on any atom is -0.375 e. The Hall–Kier alpha value is -2.28. The van der Waals surface area contributed by atoms with E-state index < -0.39 is 0 Å². The molecule has 1 aromatic carbocycles. The van der Waals surface area contributed by atoms with E-state index in [1.807, 2.05) is 24.8 Å². The predicted octanol–water partition coefficient (Wildman–Crippen LogP) is 0.817. The van der Waals surface area contributed by atoms with Gasteiger partial charge in [0.25, 0.3) is 5.56 Å². The normalized spacial score (nSPS) is 21.6. The van der Waals surface area contributed by atoms with Gasteiger partial charge in [-0.25, -0.2) is 4.68 Å². The molecule has 0 N–H and O–H groups in total.